The summed E-state index contributed by atoms with van der Waals surface area (Å²) in [6.45, 7) is -0.181. The fourth-order valence-corrected chi connectivity index (χ4v) is 4.10. The maximum absolute atomic E-state index is 12.4. The number of nitrogens with one attached hydrogen (secondary N) is 1. The number of carbonyl (C=O) groups is 3. The van der Waals surface area contributed by atoms with E-state index in [2.05, 4.69) is 51.2 Å². The van der Waals surface area contributed by atoms with Crippen molar-refractivity contribution in [2.45, 2.75) is 0 Å². The van der Waals surface area contributed by atoms with E-state index in [9.17, 15) is 34.2 Å². The van der Waals surface area contributed by atoms with Crippen LogP contribution in [0.15, 0.2) is 69.9 Å². The Bertz CT molecular complexity index is 1690. The van der Waals surface area contributed by atoms with Gasteiger partial charge in [0.25, 0.3) is 17.8 Å². The zero-order valence-corrected chi connectivity index (χ0v) is 35.5. The van der Waals surface area contributed by atoms with Gasteiger partial charge in [-0.2, -0.15) is 0 Å². The fraction of sp³-hybridized carbons (Fsp3) is 0.0800. The summed E-state index contributed by atoms with van der Waals surface area (Å²) in [7, 11) is 2.61. The number of nitrogens with zero attached hydrogens (tertiary/aromatic N) is 3. The zero-order chi connectivity index (χ0) is 34.3. The van der Waals surface area contributed by atoms with Crippen LogP contribution in [0.4, 0.5) is 15.8 Å². The predicted molar refractivity (Wildman–Crippen MR) is 163 cm³/mol. The fourth-order valence-electron chi connectivity index (χ4n) is 2.89. The summed E-state index contributed by atoms with van der Waals surface area (Å²) in [5, 5.41) is 29.1. The van der Waals surface area contributed by atoms with Crippen LogP contribution in [0.25, 0.3) is 5.69 Å². The molecule has 2 aromatic carbocycles. The number of aromatic nitrogens is 2. The second-order valence-electron chi connectivity index (χ2n) is 7.57. The zero-order valence-electron chi connectivity index (χ0n) is 25.6. The van der Waals surface area contributed by atoms with Crippen molar-refractivity contribution in [2.75, 3.05) is 14.2 Å². The van der Waals surface area contributed by atoms with Gasteiger partial charge in [0.05, 0.1) is 39.8 Å². The Balaban J connectivity index is -0.000000620. The molecule has 2 aromatic heterocycles. The van der Waals surface area contributed by atoms with Crippen molar-refractivity contribution in [3.8, 4) is 5.69 Å². The molecular formula is C25H19Br2Cl2FK2N4O11. The number of carbonyl (C=O) groups excluding carboxylic acids is 3. The normalized spacial score (nSPS) is 9.11. The van der Waals surface area contributed by atoms with Crippen molar-refractivity contribution in [2.24, 2.45) is 0 Å². The van der Waals surface area contributed by atoms with Gasteiger partial charge in [-0.25, -0.2) is 14.0 Å². The van der Waals surface area contributed by atoms with Gasteiger partial charge in [0.2, 0.25) is 0 Å². The molecule has 2 heterocycles. The second-order valence-corrected chi connectivity index (χ2v) is 10.2. The summed E-state index contributed by atoms with van der Waals surface area (Å²) >= 11 is 17.8. The smallest absolute Gasteiger partial charge is 1.00 e. The topological polar surface area (TPSA) is 209 Å². The molecule has 0 saturated carbocycles. The summed E-state index contributed by atoms with van der Waals surface area (Å²) in [6.07, 6.45) is 3.30. The van der Waals surface area contributed by atoms with E-state index in [1.165, 1.54) is 37.0 Å². The van der Waals surface area contributed by atoms with Gasteiger partial charge in [-0.05, 0) is 56.1 Å². The van der Waals surface area contributed by atoms with E-state index < -0.39 is 21.6 Å². The molecule has 22 heteroatoms. The molecule has 1 N–H and O–H groups in total. The first-order chi connectivity index (χ1) is 21.2. The first kappa shape index (κ1) is 48.0. The Labute approximate surface area is 378 Å². The third-order valence-electron chi connectivity index (χ3n) is 4.79. The van der Waals surface area contributed by atoms with Crippen LogP contribution in [0.3, 0.4) is 0 Å². The number of esters is 2. The Morgan fingerprint density at radius 3 is 1.83 bits per heavy atom. The van der Waals surface area contributed by atoms with E-state index in [0.29, 0.717) is 15.9 Å². The van der Waals surface area contributed by atoms with Crippen LogP contribution in [-0.4, -0.2) is 52.0 Å². The third kappa shape index (κ3) is 16.4. The number of benzene rings is 2. The van der Waals surface area contributed by atoms with Crippen LogP contribution >= 0.6 is 55.1 Å². The molecule has 0 aliphatic carbocycles. The Morgan fingerprint density at radius 1 is 0.915 bits per heavy atom. The number of hydrogen-bond acceptors (Lipinski definition) is 11. The summed E-state index contributed by atoms with van der Waals surface area (Å²) in [5.74, 6) is -1.55. The van der Waals surface area contributed by atoms with Crippen molar-refractivity contribution in [1.29, 1.82) is 0 Å². The van der Waals surface area contributed by atoms with E-state index in [1.54, 1.807) is 24.5 Å². The average Bonchev–Trinajstić information content (AvgIpc) is 3.63. The molecule has 0 spiro atoms. The van der Waals surface area contributed by atoms with E-state index in [-0.39, 0.29) is 144 Å². The minimum Gasteiger partial charge on any atom is -1.00 e. The van der Waals surface area contributed by atoms with Crippen LogP contribution in [-0.2, 0) is 19.2 Å². The number of methoxy groups -OCH3 is 2. The maximum Gasteiger partial charge on any atom is 1.00 e. The minimum absolute atomic E-state index is 0. The van der Waals surface area contributed by atoms with E-state index >= 15 is 0 Å². The molecule has 0 unspecified atom stereocenters. The third-order valence-corrected chi connectivity index (χ3v) is 6.27. The van der Waals surface area contributed by atoms with Crippen molar-refractivity contribution in [1.82, 2.24) is 9.55 Å². The molecule has 0 aliphatic heterocycles. The van der Waals surface area contributed by atoms with Gasteiger partial charge in [0.1, 0.15) is 17.2 Å². The van der Waals surface area contributed by atoms with Gasteiger partial charge in [-0.1, -0.05) is 23.2 Å². The Kier molecular flexibility index (Phi) is 25.5. The van der Waals surface area contributed by atoms with Gasteiger partial charge in [-0.15, -0.1) is 0 Å². The van der Waals surface area contributed by atoms with Gasteiger partial charge < -0.3 is 30.6 Å². The molecule has 4 rings (SSSR count). The number of nitro benzene ring substituents is 2. The van der Waals surface area contributed by atoms with Crippen LogP contribution in [0.5, 0.6) is 0 Å². The van der Waals surface area contributed by atoms with Crippen molar-refractivity contribution >= 4 is 84.8 Å². The first-order valence-corrected chi connectivity index (χ1v) is 13.7. The van der Waals surface area contributed by atoms with Crippen molar-refractivity contribution < 1.29 is 152 Å². The molecule has 0 saturated heterocycles. The molecule has 0 atom stereocenters. The molecule has 4 aromatic rings. The summed E-state index contributed by atoms with van der Waals surface area (Å²) in [5.41, 5.74) is 0.828. The van der Waals surface area contributed by atoms with E-state index in [0.717, 1.165) is 22.7 Å². The number of aromatic amines is 1. The minimum atomic E-state index is -0.655. The van der Waals surface area contributed by atoms with Crippen molar-refractivity contribution in [3.63, 3.8) is 0 Å². The maximum atomic E-state index is 12.4. The van der Waals surface area contributed by atoms with Gasteiger partial charge >= 0.3 is 115 Å². The standard InChI is InChI=1S/C12H8BrClN2O4.C6H6BrNO2.C6H3ClFNO2.CH2O3.2K.H/c1-20-12(17)11-4-7(13)6-15(11)10-3-2-8(16(18)19)5-9(10)14;1-10-6(9)5-2-4(7)3-8-5;7-5-3-4(9(10)11)1-2-6(5)8;2-1-4-3;;;/h2-6H,1H3;2-3,8H,1H3;1-3H;1,3H;;;/q;;;;2*+1;-1/p-1. The van der Waals surface area contributed by atoms with Crippen LogP contribution in [0, 0.1) is 26.0 Å². The average molecular weight is 879 g/mol. The van der Waals surface area contributed by atoms with Crippen LogP contribution in [0.2, 0.25) is 10.0 Å². The number of hydrogen-bond donors (Lipinski definition) is 1. The molecule has 242 valence electrons. The Hall–Kier alpha value is -1.09. The molecule has 15 nitrogen and oxygen atoms in total. The number of rotatable bonds is 6. The van der Waals surface area contributed by atoms with Gasteiger partial charge in [0, 0.05) is 45.6 Å². The van der Waals surface area contributed by atoms with Gasteiger partial charge in [-0.3, -0.25) is 25.0 Å². The predicted octanol–water partition coefficient (Wildman–Crippen LogP) is 0.0943. The van der Waals surface area contributed by atoms with Crippen LogP contribution in [0.1, 0.15) is 22.4 Å². The number of nitro groups is 2. The van der Waals surface area contributed by atoms with Crippen LogP contribution < -0.4 is 108 Å². The van der Waals surface area contributed by atoms with E-state index in [1.807, 2.05) is 0 Å². The van der Waals surface area contributed by atoms with Gasteiger partial charge in [0.15, 0.2) is 0 Å². The summed E-state index contributed by atoms with van der Waals surface area (Å²) < 4.78 is 24.5. The van der Waals surface area contributed by atoms with Crippen molar-refractivity contribution in [3.05, 3.63) is 117 Å². The number of non-ortho nitro benzene ring substituents is 2. The van der Waals surface area contributed by atoms with E-state index in [4.69, 9.17) is 33.3 Å². The number of halogens is 5. The monoisotopic (exact) mass is 876 g/mol. The first-order valence-electron chi connectivity index (χ1n) is 11.3. The molecule has 0 bridgehead atoms. The molecule has 0 aliphatic rings. The summed E-state index contributed by atoms with van der Waals surface area (Å²) in [6, 6.07) is 10.2. The molecule has 0 fully saturated rings. The Morgan fingerprint density at radius 2 is 1.43 bits per heavy atom. The largest absolute Gasteiger partial charge is 1.00 e. The second kappa shape index (κ2) is 25.0. The molecular weight excluding hydrogens is 860 g/mol. The molecule has 47 heavy (non-hydrogen) atoms. The number of ether oxygens (including phenoxy) is 2. The number of H-pyrrole nitrogens is 1. The summed E-state index contributed by atoms with van der Waals surface area (Å²) in [4.78, 5) is 56.0. The molecule has 0 amide bonds. The molecule has 0 radical (unpaired) electrons. The quantitative estimate of drug-likeness (QED) is 0.0686. The SMILES string of the molecule is COC(=O)c1cc(Br)c[nH]1.COC(=O)c1cc(Br)cn1-c1ccc([N+](=O)[O-])cc1Cl.O=CO[O-].O=[N+]([O-])c1ccc(F)c(Cl)c1.[H-].[K+].[K+].